The second-order valence-corrected chi connectivity index (χ2v) is 5.43. The van der Waals surface area contributed by atoms with Crippen molar-refractivity contribution in [1.82, 2.24) is 10.6 Å². The molecule has 0 aliphatic rings. The summed E-state index contributed by atoms with van der Waals surface area (Å²) in [5.74, 6) is -1.22. The maximum atomic E-state index is 11.6. The Bertz CT molecular complexity index is 484. The van der Waals surface area contributed by atoms with E-state index in [1.54, 1.807) is 12.1 Å². The molecule has 0 spiro atoms. The minimum Gasteiger partial charge on any atom is -0.451 e. The fourth-order valence-corrected chi connectivity index (χ4v) is 2.09. The van der Waals surface area contributed by atoms with Gasteiger partial charge in [0.2, 0.25) is 0 Å². The molecule has 1 aromatic heterocycles. The molecule has 0 atom stereocenters. The molecule has 0 saturated heterocycles. The predicted molar refractivity (Wildman–Crippen MR) is 75.8 cm³/mol. The quantitative estimate of drug-likeness (QED) is 0.620. The zero-order chi connectivity index (χ0) is 15.0. The van der Waals surface area contributed by atoms with Gasteiger partial charge in [-0.05, 0) is 25.5 Å². The van der Waals surface area contributed by atoms with Crippen LogP contribution in [0.3, 0.4) is 0 Å². The van der Waals surface area contributed by atoms with Crippen LogP contribution in [0, 0.1) is 6.92 Å². The fraction of sp³-hybridized carbons (Fsp3) is 0.462. The van der Waals surface area contributed by atoms with Gasteiger partial charge in [-0.2, -0.15) is 0 Å². The second-order valence-electron chi connectivity index (χ2n) is 4.14. The minimum absolute atomic E-state index is 0.433. The van der Waals surface area contributed by atoms with Gasteiger partial charge >= 0.3 is 12.0 Å². The van der Waals surface area contributed by atoms with Crippen molar-refractivity contribution in [2.45, 2.75) is 26.7 Å². The molecule has 0 aliphatic heterocycles. The van der Waals surface area contributed by atoms with Crippen molar-refractivity contribution in [3.8, 4) is 0 Å². The first-order valence-electron chi connectivity index (χ1n) is 6.34. The summed E-state index contributed by atoms with van der Waals surface area (Å²) in [6, 6.07) is 2.85. The van der Waals surface area contributed by atoms with Crippen LogP contribution >= 0.6 is 11.3 Å². The zero-order valence-electron chi connectivity index (χ0n) is 11.5. The molecule has 0 saturated carbocycles. The van der Waals surface area contributed by atoms with Crippen molar-refractivity contribution in [1.29, 1.82) is 0 Å². The first-order chi connectivity index (χ1) is 9.52. The van der Waals surface area contributed by atoms with E-state index in [-0.39, 0.29) is 0 Å². The molecule has 1 rings (SSSR count). The number of unbranched alkanes of at least 4 members (excludes halogenated alkanes) is 1. The van der Waals surface area contributed by atoms with Crippen molar-refractivity contribution in [3.05, 3.63) is 21.9 Å². The molecule has 0 unspecified atom stereocenters. The van der Waals surface area contributed by atoms with Gasteiger partial charge in [0.25, 0.3) is 5.91 Å². The monoisotopic (exact) mass is 298 g/mol. The van der Waals surface area contributed by atoms with Crippen LogP contribution in [-0.2, 0) is 9.53 Å². The Hall–Kier alpha value is -1.89. The Labute approximate surface area is 121 Å². The van der Waals surface area contributed by atoms with E-state index in [0.29, 0.717) is 11.4 Å². The van der Waals surface area contributed by atoms with E-state index >= 15 is 0 Å². The summed E-state index contributed by atoms with van der Waals surface area (Å²) in [6.07, 6.45) is 1.79. The number of urea groups is 1. The number of amides is 3. The Morgan fingerprint density at radius 3 is 2.65 bits per heavy atom. The molecule has 7 heteroatoms. The number of hydrogen-bond acceptors (Lipinski definition) is 5. The highest BCUT2D eigenvalue weighted by atomic mass is 32.1. The summed E-state index contributed by atoms with van der Waals surface area (Å²) in [6.45, 7) is 3.89. The molecule has 2 N–H and O–H groups in total. The number of thiophene rings is 1. The molecule has 6 nitrogen and oxygen atoms in total. The van der Waals surface area contributed by atoms with Crippen LogP contribution in [0.1, 0.15) is 34.3 Å². The van der Waals surface area contributed by atoms with Gasteiger partial charge in [-0.1, -0.05) is 13.3 Å². The molecule has 0 aliphatic carbocycles. The van der Waals surface area contributed by atoms with Crippen molar-refractivity contribution in [2.75, 3.05) is 13.2 Å². The molecule has 0 aromatic carbocycles. The summed E-state index contributed by atoms with van der Waals surface area (Å²) < 4.78 is 4.81. The lowest BCUT2D eigenvalue weighted by Gasteiger charge is -2.06. The first-order valence-corrected chi connectivity index (χ1v) is 7.15. The lowest BCUT2D eigenvalue weighted by molar-refractivity contribution is -0.123. The fourth-order valence-electron chi connectivity index (χ4n) is 1.33. The van der Waals surface area contributed by atoms with Crippen molar-refractivity contribution < 1.29 is 19.1 Å². The number of ether oxygens (including phenoxy) is 1. The van der Waals surface area contributed by atoms with E-state index in [4.69, 9.17) is 4.74 Å². The van der Waals surface area contributed by atoms with Gasteiger partial charge in [0.1, 0.15) is 4.88 Å². The van der Waals surface area contributed by atoms with Gasteiger partial charge in [-0.25, -0.2) is 9.59 Å². The van der Waals surface area contributed by atoms with E-state index in [2.05, 4.69) is 10.6 Å². The van der Waals surface area contributed by atoms with E-state index in [1.807, 2.05) is 13.8 Å². The molecule has 1 heterocycles. The Morgan fingerprint density at radius 2 is 2.05 bits per heavy atom. The van der Waals surface area contributed by atoms with Gasteiger partial charge in [0.05, 0.1) is 0 Å². The first kappa shape index (κ1) is 16.2. The van der Waals surface area contributed by atoms with Crippen molar-refractivity contribution in [2.24, 2.45) is 0 Å². The second kappa shape index (κ2) is 8.31. The minimum atomic E-state index is -0.652. The number of carbonyl (C=O) groups excluding carboxylic acids is 3. The lowest BCUT2D eigenvalue weighted by atomic mass is 10.3. The average molecular weight is 298 g/mol. The number of carbonyl (C=O) groups is 3. The molecular weight excluding hydrogens is 280 g/mol. The number of rotatable bonds is 6. The number of aryl methyl sites for hydroxylation is 1. The molecule has 3 amide bonds. The molecule has 110 valence electrons. The molecule has 0 radical (unpaired) electrons. The third-order valence-electron chi connectivity index (χ3n) is 2.34. The third kappa shape index (κ3) is 5.83. The van der Waals surface area contributed by atoms with E-state index in [9.17, 15) is 14.4 Å². The van der Waals surface area contributed by atoms with Crippen molar-refractivity contribution in [3.63, 3.8) is 0 Å². The molecule has 20 heavy (non-hydrogen) atoms. The van der Waals surface area contributed by atoms with Gasteiger partial charge < -0.3 is 10.1 Å². The molecule has 1 aromatic rings. The zero-order valence-corrected chi connectivity index (χ0v) is 12.3. The molecular formula is C13H18N2O4S. The highest BCUT2D eigenvalue weighted by molar-refractivity contribution is 7.13. The number of esters is 1. The van der Waals surface area contributed by atoms with Crippen molar-refractivity contribution >= 4 is 29.2 Å². The average Bonchev–Trinajstić information content (AvgIpc) is 2.83. The summed E-state index contributed by atoms with van der Waals surface area (Å²) in [5.41, 5.74) is 0. The Balaban J connectivity index is 2.26. The van der Waals surface area contributed by atoms with Crippen LogP contribution in [0.4, 0.5) is 4.79 Å². The summed E-state index contributed by atoms with van der Waals surface area (Å²) in [5, 5.41) is 4.62. The summed E-state index contributed by atoms with van der Waals surface area (Å²) >= 11 is 1.29. The highest BCUT2D eigenvalue weighted by Crippen LogP contribution is 2.15. The van der Waals surface area contributed by atoms with Crippen LogP contribution in [0.2, 0.25) is 0 Å². The van der Waals surface area contributed by atoms with Gasteiger partial charge in [-0.3, -0.25) is 10.1 Å². The number of nitrogens with one attached hydrogen (secondary N) is 2. The molecule has 0 fully saturated rings. The highest BCUT2D eigenvalue weighted by Gasteiger charge is 2.13. The summed E-state index contributed by atoms with van der Waals surface area (Å²) in [7, 11) is 0. The normalized spacial score (nSPS) is 9.90. The standard InChI is InChI=1S/C13H18N2O4S/c1-3-4-7-14-13(18)15-11(16)8-19-12(17)10-6-5-9(2)20-10/h5-6H,3-4,7-8H2,1-2H3,(H2,14,15,16,18). The Morgan fingerprint density at radius 1 is 1.30 bits per heavy atom. The number of hydrogen-bond donors (Lipinski definition) is 2. The van der Waals surface area contributed by atoms with Gasteiger partial charge in [0, 0.05) is 11.4 Å². The van der Waals surface area contributed by atoms with Crippen LogP contribution in [0.25, 0.3) is 0 Å². The summed E-state index contributed by atoms with van der Waals surface area (Å²) in [4.78, 5) is 35.6. The van der Waals surface area contributed by atoms with Gasteiger partial charge in [-0.15, -0.1) is 11.3 Å². The van der Waals surface area contributed by atoms with E-state index < -0.39 is 24.5 Å². The van der Waals surface area contributed by atoms with Crippen LogP contribution in [0.15, 0.2) is 12.1 Å². The van der Waals surface area contributed by atoms with E-state index in [1.165, 1.54) is 11.3 Å². The van der Waals surface area contributed by atoms with Crippen LogP contribution in [0.5, 0.6) is 0 Å². The Kier molecular flexibility index (Phi) is 6.72. The SMILES string of the molecule is CCCCNC(=O)NC(=O)COC(=O)c1ccc(C)s1. The van der Waals surface area contributed by atoms with Gasteiger partial charge in [0.15, 0.2) is 6.61 Å². The van der Waals surface area contributed by atoms with Crippen LogP contribution < -0.4 is 10.6 Å². The number of imide groups is 1. The largest absolute Gasteiger partial charge is 0.451 e. The third-order valence-corrected chi connectivity index (χ3v) is 3.33. The topological polar surface area (TPSA) is 84.5 Å². The predicted octanol–water partition coefficient (Wildman–Crippen LogP) is 1.84. The van der Waals surface area contributed by atoms with E-state index in [0.717, 1.165) is 17.7 Å². The lowest BCUT2D eigenvalue weighted by Crippen LogP contribution is -2.41. The van der Waals surface area contributed by atoms with Crippen LogP contribution in [-0.4, -0.2) is 31.1 Å². The maximum absolute atomic E-state index is 11.6. The molecule has 0 bridgehead atoms. The maximum Gasteiger partial charge on any atom is 0.348 e. The smallest absolute Gasteiger partial charge is 0.348 e.